The molecule has 5 rings (SSSR count). The van der Waals surface area contributed by atoms with E-state index in [0.717, 1.165) is 36.3 Å². The summed E-state index contributed by atoms with van der Waals surface area (Å²) < 4.78 is 7.00. The molecule has 2 aromatic carbocycles. The molecule has 2 heterocycles. The monoisotopic (exact) mass is 413 g/mol. The molecule has 0 bridgehead atoms. The summed E-state index contributed by atoms with van der Waals surface area (Å²) in [6.07, 6.45) is 4.92. The van der Waals surface area contributed by atoms with Crippen LogP contribution in [-0.4, -0.2) is 25.8 Å². The molecule has 156 valence electrons. The third-order valence-corrected chi connectivity index (χ3v) is 5.44. The van der Waals surface area contributed by atoms with E-state index in [1.54, 1.807) is 10.9 Å². The summed E-state index contributed by atoms with van der Waals surface area (Å²) >= 11 is 0. The molecule has 1 saturated carbocycles. The topological polar surface area (TPSA) is 85.8 Å². The minimum absolute atomic E-state index is 0.184. The van der Waals surface area contributed by atoms with Crippen molar-refractivity contribution in [3.05, 3.63) is 83.6 Å². The minimum Gasteiger partial charge on any atom is -0.343 e. The van der Waals surface area contributed by atoms with Crippen molar-refractivity contribution in [2.24, 2.45) is 0 Å². The number of carbonyl (C=O) groups excluding carboxylic acids is 1. The zero-order chi connectivity index (χ0) is 21.2. The van der Waals surface area contributed by atoms with E-state index in [-0.39, 0.29) is 12.5 Å². The van der Waals surface area contributed by atoms with Gasteiger partial charge in [-0.05, 0) is 37.0 Å². The normalized spacial score (nSPS) is 13.3. The van der Waals surface area contributed by atoms with Gasteiger partial charge in [0.25, 0.3) is 5.91 Å². The maximum atomic E-state index is 13.1. The number of nitrogens with one attached hydrogen (secondary N) is 1. The van der Waals surface area contributed by atoms with E-state index < -0.39 is 0 Å². The molecule has 7 heteroatoms. The van der Waals surface area contributed by atoms with E-state index in [1.165, 1.54) is 5.56 Å². The van der Waals surface area contributed by atoms with E-state index in [0.29, 0.717) is 23.1 Å². The maximum Gasteiger partial charge on any atom is 0.255 e. The molecule has 0 aliphatic heterocycles. The lowest BCUT2D eigenvalue weighted by molar-refractivity contribution is 0.0947. The summed E-state index contributed by atoms with van der Waals surface area (Å²) in [5.41, 5.74) is 4.15. The second-order valence-electron chi connectivity index (χ2n) is 7.73. The van der Waals surface area contributed by atoms with Crippen LogP contribution in [0.2, 0.25) is 0 Å². The van der Waals surface area contributed by atoms with Gasteiger partial charge < -0.3 is 9.84 Å². The Morgan fingerprint density at radius 1 is 1.13 bits per heavy atom. The van der Waals surface area contributed by atoms with Crippen LogP contribution in [0.25, 0.3) is 16.9 Å². The zero-order valence-corrected chi connectivity index (χ0v) is 17.3. The van der Waals surface area contributed by atoms with Crippen LogP contribution < -0.4 is 5.32 Å². The van der Waals surface area contributed by atoms with Crippen molar-refractivity contribution in [2.45, 2.75) is 38.6 Å². The minimum atomic E-state index is -0.233. The molecule has 2 aromatic heterocycles. The standard InChI is InChI=1S/C24H23N5O2/c1-2-16-8-10-17(11-9-16)22-20(15-29(27-22)19-6-4-3-5-7-19)24(30)25-14-21-26-23(28-31-21)18-12-13-18/h3-11,15,18H,2,12-14H2,1H3,(H,25,30). The summed E-state index contributed by atoms with van der Waals surface area (Å²) in [6.45, 7) is 2.30. The van der Waals surface area contributed by atoms with Crippen molar-refractivity contribution >= 4 is 5.91 Å². The number of para-hydroxylation sites is 1. The molecule has 1 fully saturated rings. The first-order valence-corrected chi connectivity index (χ1v) is 10.6. The number of aryl methyl sites for hydroxylation is 1. The van der Waals surface area contributed by atoms with Crippen LogP contribution in [-0.2, 0) is 13.0 Å². The molecular weight excluding hydrogens is 390 g/mol. The second kappa shape index (κ2) is 8.18. The van der Waals surface area contributed by atoms with Crippen LogP contribution in [0.4, 0.5) is 0 Å². The van der Waals surface area contributed by atoms with Gasteiger partial charge in [0.2, 0.25) is 5.89 Å². The Balaban J connectivity index is 1.43. The van der Waals surface area contributed by atoms with Gasteiger partial charge in [-0.15, -0.1) is 0 Å². The van der Waals surface area contributed by atoms with Gasteiger partial charge in [-0.25, -0.2) is 4.68 Å². The van der Waals surface area contributed by atoms with Crippen molar-refractivity contribution in [1.29, 1.82) is 0 Å². The van der Waals surface area contributed by atoms with Gasteiger partial charge in [0.05, 0.1) is 17.8 Å². The Labute approximate surface area is 180 Å². The lowest BCUT2D eigenvalue weighted by Crippen LogP contribution is -2.23. The highest BCUT2D eigenvalue weighted by Gasteiger charge is 2.29. The number of benzene rings is 2. The molecule has 31 heavy (non-hydrogen) atoms. The third-order valence-electron chi connectivity index (χ3n) is 5.44. The van der Waals surface area contributed by atoms with Crippen LogP contribution in [0.15, 0.2) is 65.3 Å². The van der Waals surface area contributed by atoms with Crippen LogP contribution in [0.5, 0.6) is 0 Å². The fourth-order valence-electron chi connectivity index (χ4n) is 3.46. The SMILES string of the molecule is CCc1ccc(-c2nn(-c3ccccc3)cc2C(=O)NCc2nc(C3CC3)no2)cc1. The van der Waals surface area contributed by atoms with E-state index in [4.69, 9.17) is 9.62 Å². The molecule has 0 saturated heterocycles. The first kappa shape index (κ1) is 19.2. The van der Waals surface area contributed by atoms with Crippen LogP contribution in [0, 0.1) is 0 Å². The van der Waals surface area contributed by atoms with Gasteiger partial charge in [-0.3, -0.25) is 4.79 Å². The number of hydrogen-bond acceptors (Lipinski definition) is 5. The highest BCUT2D eigenvalue weighted by Crippen LogP contribution is 2.38. The van der Waals surface area contributed by atoms with Crippen LogP contribution in [0.3, 0.4) is 0 Å². The maximum absolute atomic E-state index is 13.1. The number of rotatable bonds is 7. The largest absolute Gasteiger partial charge is 0.343 e. The summed E-state index contributed by atoms with van der Waals surface area (Å²) in [4.78, 5) is 17.5. The predicted molar refractivity (Wildman–Crippen MR) is 116 cm³/mol. The fourth-order valence-corrected chi connectivity index (χ4v) is 3.46. The van der Waals surface area contributed by atoms with Crippen molar-refractivity contribution in [2.75, 3.05) is 0 Å². The molecule has 0 unspecified atom stereocenters. The van der Waals surface area contributed by atoms with E-state index in [9.17, 15) is 4.79 Å². The Morgan fingerprint density at radius 3 is 2.61 bits per heavy atom. The van der Waals surface area contributed by atoms with E-state index in [1.807, 2.05) is 42.5 Å². The highest BCUT2D eigenvalue weighted by atomic mass is 16.5. The number of aromatic nitrogens is 4. The lowest BCUT2D eigenvalue weighted by Gasteiger charge is -2.04. The molecule has 1 aliphatic carbocycles. The average Bonchev–Trinajstić information content (AvgIpc) is 3.39. The number of hydrogen-bond donors (Lipinski definition) is 1. The van der Waals surface area contributed by atoms with Crippen LogP contribution in [0.1, 0.15) is 53.3 Å². The van der Waals surface area contributed by atoms with Gasteiger partial charge in [0.15, 0.2) is 5.82 Å². The molecule has 0 atom stereocenters. The molecule has 1 amide bonds. The summed E-state index contributed by atoms with van der Waals surface area (Å²) in [5, 5.41) is 11.6. The van der Waals surface area contributed by atoms with Crippen molar-refractivity contribution in [3.8, 4) is 16.9 Å². The van der Waals surface area contributed by atoms with E-state index >= 15 is 0 Å². The molecule has 1 N–H and O–H groups in total. The highest BCUT2D eigenvalue weighted by molar-refractivity contribution is 5.99. The molecule has 4 aromatic rings. The quantitative estimate of drug-likeness (QED) is 0.488. The summed E-state index contributed by atoms with van der Waals surface area (Å²) in [6, 6.07) is 17.9. The molecule has 1 aliphatic rings. The zero-order valence-electron chi connectivity index (χ0n) is 17.3. The predicted octanol–water partition coefficient (Wildman–Crippen LogP) is 4.29. The Kier molecular flexibility index (Phi) is 5.08. The van der Waals surface area contributed by atoms with E-state index in [2.05, 4.69) is 34.5 Å². The van der Waals surface area contributed by atoms with Crippen molar-refractivity contribution in [1.82, 2.24) is 25.2 Å². The van der Waals surface area contributed by atoms with Gasteiger partial charge in [0.1, 0.15) is 5.69 Å². The van der Waals surface area contributed by atoms with Crippen molar-refractivity contribution in [3.63, 3.8) is 0 Å². The third kappa shape index (κ3) is 4.12. The van der Waals surface area contributed by atoms with Crippen molar-refractivity contribution < 1.29 is 9.32 Å². The van der Waals surface area contributed by atoms with Crippen LogP contribution >= 0.6 is 0 Å². The second-order valence-corrected chi connectivity index (χ2v) is 7.73. The number of nitrogens with zero attached hydrogens (tertiary/aromatic N) is 4. The van der Waals surface area contributed by atoms with Gasteiger partial charge in [0, 0.05) is 17.7 Å². The number of carbonyl (C=O) groups is 1. The average molecular weight is 413 g/mol. The molecule has 7 nitrogen and oxygen atoms in total. The number of amides is 1. The van der Waals surface area contributed by atoms with Gasteiger partial charge in [-0.2, -0.15) is 10.1 Å². The fraction of sp³-hybridized carbons (Fsp3) is 0.250. The Morgan fingerprint density at radius 2 is 1.90 bits per heavy atom. The molecular formula is C24H23N5O2. The Hall–Kier alpha value is -3.74. The summed E-state index contributed by atoms with van der Waals surface area (Å²) in [5.74, 6) is 1.33. The Bertz CT molecular complexity index is 1190. The first-order chi connectivity index (χ1) is 15.2. The van der Waals surface area contributed by atoms with Gasteiger partial charge >= 0.3 is 0 Å². The smallest absolute Gasteiger partial charge is 0.255 e. The molecule has 0 spiro atoms. The first-order valence-electron chi connectivity index (χ1n) is 10.6. The summed E-state index contributed by atoms with van der Waals surface area (Å²) in [7, 11) is 0. The van der Waals surface area contributed by atoms with Gasteiger partial charge in [-0.1, -0.05) is 54.5 Å². The lowest BCUT2D eigenvalue weighted by atomic mass is 10.0. The molecule has 0 radical (unpaired) electrons.